The molecule has 2 aliphatic heterocycles. The standard InChI is InChI=1S/C20H24N6O2S/c1-14-13-28-7-6-26(14)18-12-17(25-29-10-8-27-9-11-29)15-2-4-21-20(19(15)23-18)16-3-5-22-24-16/h2-5,12,14H,6-11,13H2,1H3,(H,22,24)/t14-/m1/s1. The zero-order chi connectivity index (χ0) is 19.6. The monoisotopic (exact) mass is 412 g/mol. The maximum absolute atomic E-state index is 5.62. The molecule has 2 fully saturated rings. The van der Waals surface area contributed by atoms with E-state index in [1.54, 1.807) is 6.20 Å². The number of nitrogens with one attached hydrogen (secondary N) is 1. The van der Waals surface area contributed by atoms with Gasteiger partial charge < -0.3 is 14.4 Å². The summed E-state index contributed by atoms with van der Waals surface area (Å²) in [6, 6.07) is 6.32. The van der Waals surface area contributed by atoms with Gasteiger partial charge in [0.25, 0.3) is 0 Å². The first-order chi connectivity index (χ1) is 14.3. The average Bonchev–Trinajstić information content (AvgIpc) is 3.29. The zero-order valence-corrected chi connectivity index (χ0v) is 17.2. The second-order valence-electron chi connectivity index (χ2n) is 7.22. The van der Waals surface area contributed by atoms with Gasteiger partial charge in [-0.05, 0) is 19.1 Å². The number of H-pyrrole nitrogens is 1. The molecule has 0 aromatic carbocycles. The molecule has 1 N–H and O–H groups in total. The van der Waals surface area contributed by atoms with Crippen molar-refractivity contribution in [1.29, 1.82) is 0 Å². The van der Waals surface area contributed by atoms with Crippen LogP contribution in [0.4, 0.5) is 11.5 Å². The minimum Gasteiger partial charge on any atom is -0.380 e. The fraction of sp³-hybridized carbons (Fsp3) is 0.450. The normalized spacial score (nSPS) is 20.9. The summed E-state index contributed by atoms with van der Waals surface area (Å²) in [6.45, 7) is 5.96. The number of morpholine rings is 1. The molecule has 5 rings (SSSR count). The summed E-state index contributed by atoms with van der Waals surface area (Å²) < 4.78 is 16.3. The predicted molar refractivity (Wildman–Crippen MR) is 115 cm³/mol. The lowest BCUT2D eigenvalue weighted by Gasteiger charge is -2.34. The molecular weight excluding hydrogens is 388 g/mol. The number of aromatic amines is 1. The number of hydrogen-bond acceptors (Lipinski definition) is 7. The highest BCUT2D eigenvalue weighted by molar-refractivity contribution is 7.87. The van der Waals surface area contributed by atoms with E-state index in [1.165, 1.54) is 0 Å². The second kappa shape index (κ2) is 8.17. The zero-order valence-electron chi connectivity index (χ0n) is 16.4. The number of hydrogen-bond donors (Lipinski definition) is 1. The first-order valence-corrected chi connectivity index (χ1v) is 11.4. The number of nitrogens with zero attached hydrogens (tertiary/aromatic N) is 5. The van der Waals surface area contributed by atoms with E-state index in [0.717, 1.165) is 65.1 Å². The molecule has 9 heteroatoms. The maximum atomic E-state index is 5.62. The van der Waals surface area contributed by atoms with Gasteiger partial charge in [-0.1, -0.05) is 10.7 Å². The number of rotatable bonds is 3. The van der Waals surface area contributed by atoms with E-state index in [1.807, 2.05) is 18.3 Å². The Kier molecular flexibility index (Phi) is 5.26. The molecule has 29 heavy (non-hydrogen) atoms. The summed E-state index contributed by atoms with van der Waals surface area (Å²) in [7, 11) is -0.0285. The summed E-state index contributed by atoms with van der Waals surface area (Å²) >= 11 is 0. The van der Waals surface area contributed by atoms with Gasteiger partial charge in [-0.3, -0.25) is 10.1 Å². The van der Waals surface area contributed by atoms with E-state index < -0.39 is 0 Å². The van der Waals surface area contributed by atoms with Crippen LogP contribution in [0.15, 0.2) is 35.0 Å². The molecule has 0 amide bonds. The van der Waals surface area contributed by atoms with Crippen LogP contribution < -0.4 is 4.90 Å². The van der Waals surface area contributed by atoms with E-state index >= 15 is 0 Å². The molecule has 2 aliphatic rings. The van der Waals surface area contributed by atoms with Crippen LogP contribution >= 0.6 is 0 Å². The maximum Gasteiger partial charge on any atom is 0.131 e. The van der Waals surface area contributed by atoms with Crippen LogP contribution in [0.25, 0.3) is 22.3 Å². The third kappa shape index (κ3) is 3.77. The summed E-state index contributed by atoms with van der Waals surface area (Å²) in [5, 5.41) is 8.13. The Bertz CT molecular complexity index is 1030. The molecule has 1 atom stereocenters. The third-order valence-corrected chi connectivity index (χ3v) is 6.99. The first kappa shape index (κ1) is 18.7. The van der Waals surface area contributed by atoms with Crippen molar-refractivity contribution in [3.8, 4) is 11.4 Å². The Labute approximate surface area is 171 Å². The Morgan fingerprint density at radius 3 is 2.86 bits per heavy atom. The lowest BCUT2D eigenvalue weighted by Crippen LogP contribution is -2.44. The van der Waals surface area contributed by atoms with E-state index in [0.29, 0.717) is 13.2 Å². The molecule has 0 aliphatic carbocycles. The number of aromatic nitrogens is 4. The van der Waals surface area contributed by atoms with Crippen LogP contribution in [-0.2, 0) is 20.2 Å². The largest absolute Gasteiger partial charge is 0.380 e. The van der Waals surface area contributed by atoms with Gasteiger partial charge in [0, 0.05) is 41.9 Å². The van der Waals surface area contributed by atoms with Gasteiger partial charge in [0.2, 0.25) is 0 Å². The average molecular weight is 413 g/mol. The van der Waals surface area contributed by atoms with Crippen LogP contribution in [0, 0.1) is 0 Å². The molecule has 152 valence electrons. The van der Waals surface area contributed by atoms with Crippen molar-refractivity contribution < 1.29 is 9.47 Å². The Morgan fingerprint density at radius 1 is 1.17 bits per heavy atom. The van der Waals surface area contributed by atoms with Crippen LogP contribution in [-0.4, -0.2) is 70.7 Å². The molecule has 3 aromatic rings. The molecule has 8 nitrogen and oxygen atoms in total. The number of anilines is 1. The lowest BCUT2D eigenvalue weighted by atomic mass is 10.1. The van der Waals surface area contributed by atoms with Crippen LogP contribution in [0.1, 0.15) is 6.92 Å². The van der Waals surface area contributed by atoms with Crippen molar-refractivity contribution in [3.05, 3.63) is 30.6 Å². The summed E-state index contributed by atoms with van der Waals surface area (Å²) in [5.41, 5.74) is 3.49. The van der Waals surface area contributed by atoms with Gasteiger partial charge >= 0.3 is 0 Å². The third-order valence-electron chi connectivity index (χ3n) is 5.26. The molecule has 5 heterocycles. The summed E-state index contributed by atoms with van der Waals surface area (Å²) in [5.74, 6) is 2.88. The van der Waals surface area contributed by atoms with Crippen molar-refractivity contribution in [2.75, 3.05) is 49.4 Å². The van der Waals surface area contributed by atoms with E-state index in [2.05, 4.69) is 33.1 Å². The summed E-state index contributed by atoms with van der Waals surface area (Å²) in [4.78, 5) is 11.9. The minimum atomic E-state index is -0.0285. The van der Waals surface area contributed by atoms with Gasteiger partial charge in [0.1, 0.15) is 17.0 Å². The van der Waals surface area contributed by atoms with Crippen LogP contribution in [0.5, 0.6) is 0 Å². The van der Waals surface area contributed by atoms with Crippen molar-refractivity contribution in [1.82, 2.24) is 20.2 Å². The van der Waals surface area contributed by atoms with E-state index in [9.17, 15) is 0 Å². The minimum absolute atomic E-state index is 0.0285. The Balaban J connectivity index is 1.70. The highest BCUT2D eigenvalue weighted by atomic mass is 32.2. The number of pyridine rings is 2. The van der Waals surface area contributed by atoms with Crippen molar-refractivity contribution in [2.24, 2.45) is 4.36 Å². The quantitative estimate of drug-likeness (QED) is 0.712. The Morgan fingerprint density at radius 2 is 2.07 bits per heavy atom. The SMILES string of the molecule is C[C@@H]1COCCN1c1cc(N=S2CCOCC2)c2ccnc(-c3ccn[nH]3)c2n1. The summed E-state index contributed by atoms with van der Waals surface area (Å²) in [6.07, 6.45) is 3.56. The van der Waals surface area contributed by atoms with Gasteiger partial charge in [-0.15, -0.1) is 0 Å². The molecule has 0 saturated carbocycles. The molecule has 0 spiro atoms. The van der Waals surface area contributed by atoms with Gasteiger partial charge in [-0.2, -0.15) is 5.10 Å². The van der Waals surface area contributed by atoms with Crippen LogP contribution in [0.2, 0.25) is 0 Å². The van der Waals surface area contributed by atoms with E-state index in [-0.39, 0.29) is 16.7 Å². The number of fused-ring (bicyclic) bond motifs is 1. The molecule has 0 bridgehead atoms. The first-order valence-electron chi connectivity index (χ1n) is 9.90. The van der Waals surface area contributed by atoms with Crippen molar-refractivity contribution in [2.45, 2.75) is 13.0 Å². The lowest BCUT2D eigenvalue weighted by molar-refractivity contribution is 0.0986. The molecule has 2 saturated heterocycles. The molecule has 3 aromatic heterocycles. The smallest absolute Gasteiger partial charge is 0.131 e. The second-order valence-corrected chi connectivity index (χ2v) is 9.14. The van der Waals surface area contributed by atoms with Gasteiger partial charge in [-0.25, -0.2) is 9.35 Å². The number of ether oxygens (including phenoxy) is 2. The highest BCUT2D eigenvalue weighted by Gasteiger charge is 2.23. The van der Waals surface area contributed by atoms with Crippen molar-refractivity contribution >= 4 is 33.1 Å². The molecular formula is C20H24N6O2S. The van der Waals surface area contributed by atoms with Gasteiger partial charge in [0.15, 0.2) is 0 Å². The topological polar surface area (TPSA) is 88.5 Å². The fourth-order valence-corrected chi connectivity index (χ4v) is 5.18. The Hall–Kier alpha value is -2.36. The van der Waals surface area contributed by atoms with Gasteiger partial charge in [0.05, 0.1) is 43.9 Å². The van der Waals surface area contributed by atoms with Crippen molar-refractivity contribution in [3.63, 3.8) is 0 Å². The van der Waals surface area contributed by atoms with Crippen LogP contribution in [0.3, 0.4) is 0 Å². The highest BCUT2D eigenvalue weighted by Crippen LogP contribution is 2.35. The fourth-order valence-electron chi connectivity index (χ4n) is 3.74. The molecule has 0 unspecified atom stereocenters. The van der Waals surface area contributed by atoms with E-state index in [4.69, 9.17) is 18.8 Å². The predicted octanol–water partition coefficient (Wildman–Crippen LogP) is 2.71. The molecule has 0 radical (unpaired) electrons.